The van der Waals surface area contributed by atoms with Gasteiger partial charge in [0.15, 0.2) is 0 Å². The Balaban J connectivity index is 1.63. The second-order valence-corrected chi connectivity index (χ2v) is 7.47. The van der Waals surface area contributed by atoms with Crippen LogP contribution >= 0.6 is 0 Å². The van der Waals surface area contributed by atoms with Crippen molar-refractivity contribution < 1.29 is 18.7 Å². The average molecular weight is 377 g/mol. The van der Waals surface area contributed by atoms with Gasteiger partial charge in [-0.1, -0.05) is 24.3 Å². The Kier molecular flexibility index (Phi) is 3.56. The molecule has 2 aliphatic rings. The van der Waals surface area contributed by atoms with Crippen LogP contribution in [0.3, 0.4) is 0 Å². The number of fused-ring (bicyclic) bond motifs is 5. The smallest absolute Gasteiger partial charge is 0.335 e. The van der Waals surface area contributed by atoms with Crippen molar-refractivity contribution in [2.24, 2.45) is 0 Å². The van der Waals surface area contributed by atoms with E-state index >= 15 is 4.39 Å². The Morgan fingerprint density at radius 1 is 1.18 bits per heavy atom. The first kappa shape index (κ1) is 16.9. The van der Waals surface area contributed by atoms with E-state index in [1.165, 1.54) is 6.07 Å². The van der Waals surface area contributed by atoms with Crippen molar-refractivity contribution in [1.29, 1.82) is 0 Å². The van der Waals surface area contributed by atoms with Gasteiger partial charge in [-0.3, -0.25) is 0 Å². The van der Waals surface area contributed by atoms with E-state index in [1.54, 1.807) is 37.3 Å². The van der Waals surface area contributed by atoms with E-state index in [-0.39, 0.29) is 17.2 Å². The number of rotatable bonds is 2. The van der Waals surface area contributed by atoms with Crippen LogP contribution in [0.2, 0.25) is 0 Å². The van der Waals surface area contributed by atoms with Crippen LogP contribution in [0.4, 0.5) is 8.78 Å². The lowest BCUT2D eigenvalue weighted by Gasteiger charge is -2.17. The minimum absolute atomic E-state index is 0.235. The molecular formula is C23H17F2NO2. The fourth-order valence-electron chi connectivity index (χ4n) is 4.37. The van der Waals surface area contributed by atoms with Crippen LogP contribution in [0.15, 0.2) is 36.4 Å². The first-order valence-corrected chi connectivity index (χ1v) is 9.17. The molecule has 2 aromatic carbocycles. The highest BCUT2D eigenvalue weighted by Crippen LogP contribution is 2.36. The van der Waals surface area contributed by atoms with Crippen LogP contribution in [0.1, 0.15) is 45.0 Å². The van der Waals surface area contributed by atoms with Crippen LogP contribution in [0.5, 0.6) is 0 Å². The highest BCUT2D eigenvalue weighted by Gasteiger charge is 2.28. The largest absolute Gasteiger partial charge is 0.478 e. The molecule has 0 amide bonds. The molecule has 1 unspecified atom stereocenters. The molecule has 2 aliphatic carbocycles. The lowest BCUT2D eigenvalue weighted by Crippen LogP contribution is -2.32. The maximum absolute atomic E-state index is 15.4. The number of hydrogen-bond acceptors (Lipinski definition) is 1. The first-order chi connectivity index (χ1) is 13.4. The molecule has 1 heterocycles. The molecular weight excluding hydrogens is 360 g/mol. The van der Waals surface area contributed by atoms with Gasteiger partial charge in [-0.2, -0.15) is 0 Å². The highest BCUT2D eigenvalue weighted by molar-refractivity contribution is 5.90. The summed E-state index contributed by atoms with van der Waals surface area (Å²) < 4.78 is 28.9. The second kappa shape index (κ2) is 5.89. The first-order valence-electron chi connectivity index (χ1n) is 9.17. The third-order valence-electron chi connectivity index (χ3n) is 5.82. The minimum atomic E-state index is -0.955. The maximum Gasteiger partial charge on any atom is 0.335 e. The van der Waals surface area contributed by atoms with Crippen LogP contribution in [-0.2, 0) is 6.42 Å². The van der Waals surface area contributed by atoms with Crippen molar-refractivity contribution >= 4 is 17.9 Å². The molecule has 0 radical (unpaired) electrons. The van der Waals surface area contributed by atoms with Crippen molar-refractivity contribution in [1.82, 2.24) is 4.98 Å². The molecule has 140 valence electrons. The third kappa shape index (κ3) is 2.35. The Morgan fingerprint density at radius 3 is 2.75 bits per heavy atom. The van der Waals surface area contributed by atoms with Crippen molar-refractivity contribution in [2.75, 3.05) is 0 Å². The Labute approximate surface area is 159 Å². The average Bonchev–Trinajstić information content (AvgIpc) is 3.20. The molecule has 5 rings (SSSR count). The zero-order chi connectivity index (χ0) is 19.6. The van der Waals surface area contributed by atoms with E-state index in [9.17, 15) is 14.3 Å². The maximum atomic E-state index is 15.4. The highest BCUT2D eigenvalue weighted by atomic mass is 19.1. The monoisotopic (exact) mass is 377 g/mol. The third-order valence-corrected chi connectivity index (χ3v) is 5.82. The Bertz CT molecular complexity index is 1290. The molecule has 0 spiro atoms. The molecule has 5 heteroatoms. The second-order valence-electron chi connectivity index (χ2n) is 7.47. The topological polar surface area (TPSA) is 53.1 Å². The molecule has 0 saturated carbocycles. The van der Waals surface area contributed by atoms with Crippen LogP contribution in [0, 0.1) is 12.7 Å². The summed E-state index contributed by atoms with van der Waals surface area (Å²) in [4.78, 5) is 14.4. The van der Waals surface area contributed by atoms with Crippen molar-refractivity contribution in [2.45, 2.75) is 25.7 Å². The number of aryl methyl sites for hydroxylation is 1. The summed E-state index contributed by atoms with van der Waals surface area (Å²) in [5.74, 6) is -1.91. The van der Waals surface area contributed by atoms with Gasteiger partial charge in [0.1, 0.15) is 11.6 Å². The fourth-order valence-corrected chi connectivity index (χ4v) is 4.37. The van der Waals surface area contributed by atoms with Gasteiger partial charge >= 0.3 is 5.97 Å². The molecule has 3 aromatic rings. The van der Waals surface area contributed by atoms with Crippen LogP contribution in [0.25, 0.3) is 23.2 Å². The number of carboxylic acids is 1. The summed E-state index contributed by atoms with van der Waals surface area (Å²) in [6.45, 7) is 1.68. The predicted octanol–water partition coefficient (Wildman–Crippen LogP) is 3.78. The van der Waals surface area contributed by atoms with Crippen LogP contribution < -0.4 is 10.6 Å². The Morgan fingerprint density at radius 2 is 2.00 bits per heavy atom. The molecule has 3 nitrogen and oxygen atoms in total. The van der Waals surface area contributed by atoms with Gasteiger partial charge in [0.25, 0.3) is 0 Å². The number of carbonyl (C=O) groups is 1. The van der Waals surface area contributed by atoms with Gasteiger partial charge in [0.2, 0.25) is 0 Å². The summed E-state index contributed by atoms with van der Waals surface area (Å²) in [5, 5.41) is 10.5. The molecule has 1 aromatic heterocycles. The van der Waals surface area contributed by atoms with Crippen LogP contribution in [-0.4, -0.2) is 16.1 Å². The zero-order valence-electron chi connectivity index (χ0n) is 15.1. The van der Waals surface area contributed by atoms with E-state index in [0.29, 0.717) is 23.8 Å². The number of halogens is 2. The van der Waals surface area contributed by atoms with Crippen molar-refractivity contribution in [3.8, 4) is 11.3 Å². The number of aromatic amines is 1. The van der Waals surface area contributed by atoms with Gasteiger partial charge in [-0.15, -0.1) is 0 Å². The number of carboxylic acid groups (broad SMARTS) is 1. The van der Waals surface area contributed by atoms with Crippen molar-refractivity contribution in [3.63, 3.8) is 0 Å². The SMILES string of the molecule is Cc1cc(C2CC=c3c4c([nH]c3=C2F)-c2ccc(C(=O)O)cc2C4)ccc1F. The molecule has 0 fully saturated rings. The van der Waals surface area contributed by atoms with E-state index in [2.05, 4.69) is 4.98 Å². The molecule has 0 bridgehead atoms. The predicted molar refractivity (Wildman–Crippen MR) is 103 cm³/mol. The quantitative estimate of drug-likeness (QED) is 0.559. The summed E-state index contributed by atoms with van der Waals surface area (Å²) in [6, 6.07) is 9.78. The summed E-state index contributed by atoms with van der Waals surface area (Å²) in [7, 11) is 0. The Hall–Kier alpha value is -3.21. The van der Waals surface area contributed by atoms with E-state index < -0.39 is 11.9 Å². The number of nitrogens with one attached hydrogen (secondary N) is 1. The number of hydrogen-bond donors (Lipinski definition) is 2. The lowest BCUT2D eigenvalue weighted by molar-refractivity contribution is 0.0697. The molecule has 28 heavy (non-hydrogen) atoms. The zero-order valence-corrected chi connectivity index (χ0v) is 15.1. The van der Waals surface area contributed by atoms with Gasteiger partial charge in [0.05, 0.1) is 16.6 Å². The fraction of sp³-hybridized carbons (Fsp3) is 0.174. The number of aromatic nitrogens is 1. The summed E-state index contributed by atoms with van der Waals surface area (Å²) in [5.41, 5.74) is 5.26. The standard InChI is InChI=1S/C23H17F2NO2/c1-11-8-12(3-7-19(11)24)15-5-6-17-18-10-14-9-13(23(27)28)2-4-16(14)21(18)26-22(17)20(15)25/h2-4,6-9,15,26H,5,10H2,1H3,(H,27,28). The van der Waals surface area contributed by atoms with Gasteiger partial charge in [-0.05, 0) is 53.8 Å². The van der Waals surface area contributed by atoms with Gasteiger partial charge in [0, 0.05) is 23.1 Å². The van der Waals surface area contributed by atoms with E-state index in [4.69, 9.17) is 0 Å². The van der Waals surface area contributed by atoms with Gasteiger partial charge in [-0.25, -0.2) is 13.6 Å². The van der Waals surface area contributed by atoms with E-state index in [0.717, 1.165) is 33.2 Å². The molecule has 0 saturated heterocycles. The number of benzene rings is 2. The van der Waals surface area contributed by atoms with Crippen molar-refractivity contribution in [3.05, 3.63) is 80.6 Å². The van der Waals surface area contributed by atoms with E-state index in [1.807, 2.05) is 6.08 Å². The minimum Gasteiger partial charge on any atom is -0.478 e. The number of aromatic carboxylic acids is 1. The lowest BCUT2D eigenvalue weighted by atomic mass is 9.89. The normalized spacial score (nSPS) is 17.0. The number of H-pyrrole nitrogens is 1. The van der Waals surface area contributed by atoms with Gasteiger partial charge < -0.3 is 10.1 Å². The summed E-state index contributed by atoms with van der Waals surface area (Å²) in [6.07, 6.45) is 3.12. The summed E-state index contributed by atoms with van der Waals surface area (Å²) >= 11 is 0. The molecule has 2 N–H and O–H groups in total. The molecule has 1 atom stereocenters. The molecule has 0 aliphatic heterocycles.